The van der Waals surface area contributed by atoms with Crippen molar-refractivity contribution in [1.82, 2.24) is 0 Å². The predicted octanol–water partition coefficient (Wildman–Crippen LogP) is -8.57. The van der Waals surface area contributed by atoms with Gasteiger partial charge in [-0.25, -0.2) is 0 Å². The Morgan fingerprint density at radius 2 is 0.600 bits per heavy atom. The Morgan fingerprint density at radius 1 is 0.600 bits per heavy atom. The van der Waals surface area contributed by atoms with E-state index in [0.717, 1.165) is 0 Å². The summed E-state index contributed by atoms with van der Waals surface area (Å²) in [6.45, 7) is 0. The molecule has 0 aromatic rings. The molecule has 0 saturated carbocycles. The number of rotatable bonds is 0. The van der Waals surface area contributed by atoms with Crippen molar-refractivity contribution in [3.63, 3.8) is 0 Å². The number of halogens is 4. The Hall–Kier alpha value is 2.43. The average molecular weight is 305 g/mol. The Balaban J connectivity index is 0. The smallest absolute Gasteiger partial charge is 1.00 e. The van der Waals surface area contributed by atoms with Crippen LogP contribution in [-0.4, -0.2) is 0 Å². The van der Waals surface area contributed by atoms with Crippen LogP contribution >= 0.6 is 12.4 Å². The second-order valence-corrected chi connectivity index (χ2v) is 0. The van der Waals surface area contributed by atoms with Gasteiger partial charge in [-0.1, -0.05) is 0 Å². The molecule has 0 amide bonds. The SMILES string of the molecule is Cl.[Cl-].[Cl-].[Cl-].[Dy+3]. The van der Waals surface area contributed by atoms with Gasteiger partial charge >= 0.3 is 38.2 Å². The zero-order valence-corrected chi connectivity index (χ0v) is 6.97. The van der Waals surface area contributed by atoms with Crippen LogP contribution in [0.1, 0.15) is 0 Å². The molecule has 39 valence electrons. The Labute approximate surface area is 86.5 Å². The summed E-state index contributed by atoms with van der Waals surface area (Å²) in [7, 11) is 0. The minimum Gasteiger partial charge on any atom is -1.00 e. The monoisotopic (exact) mass is 305 g/mol. The molecule has 0 aliphatic rings. The number of hydrogen-bond acceptors (Lipinski definition) is 0. The van der Waals surface area contributed by atoms with Gasteiger partial charge < -0.3 is 37.2 Å². The minimum atomic E-state index is 0. The molecule has 0 aliphatic carbocycles. The molecule has 5 heteroatoms. The van der Waals surface area contributed by atoms with Gasteiger partial charge in [-0.05, 0) is 0 Å². The Kier molecular flexibility index (Phi) is 333. The van der Waals surface area contributed by atoms with E-state index in [1.54, 1.807) is 0 Å². The molecule has 0 bridgehead atoms. The van der Waals surface area contributed by atoms with Crippen LogP contribution in [0.5, 0.6) is 0 Å². The van der Waals surface area contributed by atoms with Crippen molar-refractivity contribution in [3.05, 3.63) is 0 Å². The maximum atomic E-state index is 0. The van der Waals surface area contributed by atoms with Crippen molar-refractivity contribution in [2.24, 2.45) is 0 Å². The van der Waals surface area contributed by atoms with Gasteiger partial charge in [0.05, 0.1) is 0 Å². The van der Waals surface area contributed by atoms with Gasteiger partial charge in [0, 0.05) is 0 Å². The van der Waals surface area contributed by atoms with E-state index < -0.39 is 0 Å². The van der Waals surface area contributed by atoms with E-state index in [0.29, 0.717) is 0 Å². The third-order valence-electron chi connectivity index (χ3n) is 0. The van der Waals surface area contributed by atoms with Gasteiger partial charge in [-0.15, -0.1) is 12.4 Å². The molecular formula is HCl4Dy. The molecule has 0 aromatic carbocycles. The van der Waals surface area contributed by atoms with Crippen molar-refractivity contribution in [1.29, 1.82) is 0 Å². The van der Waals surface area contributed by atoms with Crippen LogP contribution in [0.2, 0.25) is 0 Å². The van der Waals surface area contributed by atoms with E-state index in [4.69, 9.17) is 0 Å². The first-order valence-corrected chi connectivity index (χ1v) is 0. The molecule has 0 N–H and O–H groups in total. The van der Waals surface area contributed by atoms with Crippen LogP contribution in [0.4, 0.5) is 0 Å². The summed E-state index contributed by atoms with van der Waals surface area (Å²) < 4.78 is 0. The van der Waals surface area contributed by atoms with Crippen LogP contribution in [0.25, 0.3) is 0 Å². The fourth-order valence-corrected chi connectivity index (χ4v) is 0. The second kappa shape index (κ2) is 32.1. The van der Waals surface area contributed by atoms with Gasteiger partial charge in [0.15, 0.2) is 0 Å². The summed E-state index contributed by atoms with van der Waals surface area (Å²) in [6, 6.07) is 0. The molecular weight excluding hydrogens is 304 g/mol. The zero-order chi connectivity index (χ0) is 0. The summed E-state index contributed by atoms with van der Waals surface area (Å²) in [5, 5.41) is 0. The van der Waals surface area contributed by atoms with E-state index >= 15 is 0 Å². The van der Waals surface area contributed by atoms with Gasteiger partial charge in [0.1, 0.15) is 0 Å². The molecule has 0 aliphatic heterocycles. The summed E-state index contributed by atoms with van der Waals surface area (Å²) in [4.78, 5) is 0. The first-order valence-electron chi connectivity index (χ1n) is 0. The molecule has 0 aromatic heterocycles. The third-order valence-corrected chi connectivity index (χ3v) is 0. The first kappa shape index (κ1) is 52.0. The van der Waals surface area contributed by atoms with Gasteiger partial charge in [-0.2, -0.15) is 0 Å². The maximum absolute atomic E-state index is 0. The zero-order valence-electron chi connectivity index (χ0n) is 1.86. The Bertz CT molecular complexity index is 3.61. The van der Waals surface area contributed by atoms with Gasteiger partial charge in [-0.3, -0.25) is 0 Å². The van der Waals surface area contributed by atoms with Crippen molar-refractivity contribution >= 4 is 12.4 Å². The summed E-state index contributed by atoms with van der Waals surface area (Å²) in [6.07, 6.45) is 0. The van der Waals surface area contributed by atoms with Crippen LogP contribution in [0.15, 0.2) is 0 Å². The van der Waals surface area contributed by atoms with Crippen molar-refractivity contribution < 1.29 is 75.4 Å². The second-order valence-electron chi connectivity index (χ2n) is 0. The van der Waals surface area contributed by atoms with Crippen LogP contribution in [0.3, 0.4) is 0 Å². The molecule has 0 rings (SSSR count). The molecule has 1 radical (unpaired) electrons. The van der Waals surface area contributed by atoms with Crippen LogP contribution < -0.4 is 37.2 Å². The quantitative estimate of drug-likeness (QED) is 0.417. The number of hydrogen-bond donors (Lipinski definition) is 0. The average Bonchev–Trinajstić information content (AvgIpc) is 0. The maximum Gasteiger partial charge on any atom is 3.00 e. The van der Waals surface area contributed by atoms with Crippen molar-refractivity contribution in [2.75, 3.05) is 0 Å². The summed E-state index contributed by atoms with van der Waals surface area (Å²) in [5.41, 5.74) is 0. The predicted molar refractivity (Wildman–Crippen MR) is 7.25 cm³/mol. The molecule has 0 unspecified atom stereocenters. The first-order chi connectivity index (χ1) is 0. The fraction of sp³-hybridized carbons (Fsp3) is 0. The van der Waals surface area contributed by atoms with E-state index in [1.165, 1.54) is 0 Å². The molecule has 0 spiro atoms. The fourth-order valence-electron chi connectivity index (χ4n) is 0. The van der Waals surface area contributed by atoms with Crippen molar-refractivity contribution in [3.8, 4) is 0 Å². The van der Waals surface area contributed by atoms with E-state index in [1.807, 2.05) is 0 Å². The molecule has 5 heavy (non-hydrogen) atoms. The van der Waals surface area contributed by atoms with Crippen LogP contribution in [0, 0.1) is 38.2 Å². The van der Waals surface area contributed by atoms with E-state index in [2.05, 4.69) is 0 Å². The largest absolute Gasteiger partial charge is 3.00 e. The normalized spacial score (nSPS) is 0. The minimum absolute atomic E-state index is 0. The standard InChI is InChI=1S/4ClH.Dy/h4*1H;/q;;;;+3/p-3. The van der Waals surface area contributed by atoms with Gasteiger partial charge in [0.25, 0.3) is 0 Å². The Morgan fingerprint density at radius 3 is 0.600 bits per heavy atom. The molecule has 0 nitrogen and oxygen atoms in total. The topological polar surface area (TPSA) is 0 Å². The molecule has 0 fully saturated rings. The summed E-state index contributed by atoms with van der Waals surface area (Å²) in [5.74, 6) is 0. The third kappa shape index (κ3) is 21.4. The summed E-state index contributed by atoms with van der Waals surface area (Å²) >= 11 is 0. The molecule has 0 saturated heterocycles. The van der Waals surface area contributed by atoms with Gasteiger partial charge in [0.2, 0.25) is 0 Å². The molecule has 0 atom stereocenters. The van der Waals surface area contributed by atoms with Crippen LogP contribution in [-0.2, 0) is 0 Å². The molecule has 0 heterocycles. The van der Waals surface area contributed by atoms with E-state index in [-0.39, 0.29) is 87.8 Å². The van der Waals surface area contributed by atoms with E-state index in [9.17, 15) is 0 Å². The van der Waals surface area contributed by atoms with Crippen molar-refractivity contribution in [2.45, 2.75) is 0 Å².